The summed E-state index contributed by atoms with van der Waals surface area (Å²) in [6, 6.07) is 12.1. The topological polar surface area (TPSA) is 78.4 Å². The minimum atomic E-state index is -0.854. The van der Waals surface area contributed by atoms with Gasteiger partial charge in [0.1, 0.15) is 0 Å². The van der Waals surface area contributed by atoms with Crippen molar-refractivity contribution in [3.05, 3.63) is 35.9 Å². The number of rotatable bonds is 17. The summed E-state index contributed by atoms with van der Waals surface area (Å²) in [5.41, 5.74) is 1.42. The van der Waals surface area contributed by atoms with Gasteiger partial charge in [-0.3, -0.25) is 9.59 Å². The molecular formula is C35H60N2O3. The maximum atomic E-state index is 12.0. The van der Waals surface area contributed by atoms with E-state index in [0.717, 1.165) is 31.3 Å². The Morgan fingerprint density at radius 1 is 0.775 bits per heavy atom. The number of amides is 1. The number of hydrogen-bond acceptors (Lipinski definition) is 3. The first kappa shape index (κ1) is 34.3. The van der Waals surface area contributed by atoms with Gasteiger partial charge >= 0.3 is 5.97 Å². The van der Waals surface area contributed by atoms with Gasteiger partial charge in [-0.1, -0.05) is 115 Å². The monoisotopic (exact) mass is 556 g/mol. The van der Waals surface area contributed by atoms with Gasteiger partial charge in [0.25, 0.3) is 0 Å². The summed E-state index contributed by atoms with van der Waals surface area (Å²) < 4.78 is 0. The van der Waals surface area contributed by atoms with Crippen LogP contribution in [0.25, 0.3) is 0 Å². The fourth-order valence-electron chi connectivity index (χ4n) is 6.29. The predicted molar refractivity (Wildman–Crippen MR) is 168 cm³/mol. The average Bonchev–Trinajstić information content (AvgIpc) is 2.93. The first-order valence-electron chi connectivity index (χ1n) is 16.7. The third-order valence-electron chi connectivity index (χ3n) is 8.44. The zero-order valence-corrected chi connectivity index (χ0v) is 25.8. The molecule has 3 N–H and O–H groups in total. The molecule has 2 saturated carbocycles. The molecule has 1 aromatic rings. The molecule has 1 atom stereocenters. The van der Waals surface area contributed by atoms with Crippen LogP contribution in [0.2, 0.25) is 0 Å². The summed E-state index contributed by atoms with van der Waals surface area (Å²) in [5.74, 6) is -0.491. The van der Waals surface area contributed by atoms with Crippen LogP contribution in [0.5, 0.6) is 0 Å². The van der Waals surface area contributed by atoms with Crippen LogP contribution in [-0.4, -0.2) is 35.1 Å². The molecule has 40 heavy (non-hydrogen) atoms. The molecule has 2 fully saturated rings. The summed E-state index contributed by atoms with van der Waals surface area (Å²) in [6.45, 7) is 4.09. The van der Waals surface area contributed by atoms with Gasteiger partial charge < -0.3 is 15.7 Å². The van der Waals surface area contributed by atoms with Crippen molar-refractivity contribution in [3.63, 3.8) is 0 Å². The molecule has 0 heterocycles. The van der Waals surface area contributed by atoms with E-state index in [1.54, 1.807) is 0 Å². The zero-order valence-electron chi connectivity index (χ0n) is 25.8. The van der Waals surface area contributed by atoms with Crippen molar-refractivity contribution in [2.45, 2.75) is 167 Å². The molecule has 0 aliphatic heterocycles. The first-order chi connectivity index (χ1) is 19.4. The molecule has 2 aliphatic carbocycles. The van der Waals surface area contributed by atoms with Crippen molar-refractivity contribution in [1.82, 2.24) is 10.6 Å². The lowest BCUT2D eigenvalue weighted by atomic mass is 9.91. The standard InChI is InChI=1S/C23H37NO3.C12H23N/c1-19(2)17-21(18-23(26)27)24-22(25)16-12-7-5-3-4-6-9-13-20-14-10-8-11-15-20;1-3-7-11(8-4-1)13-12-9-5-2-6-10-12/h8,10-11,14-15,19,21H,3-7,9,12-13,16-18H2,1-2H3,(H,24,25)(H,26,27);11-13H,1-10H2. The molecule has 1 amide bonds. The van der Waals surface area contributed by atoms with E-state index in [9.17, 15) is 9.59 Å². The van der Waals surface area contributed by atoms with E-state index in [0.29, 0.717) is 18.8 Å². The molecule has 5 nitrogen and oxygen atoms in total. The first-order valence-corrected chi connectivity index (χ1v) is 16.7. The maximum Gasteiger partial charge on any atom is 0.305 e. The van der Waals surface area contributed by atoms with Crippen molar-refractivity contribution in [1.29, 1.82) is 0 Å². The van der Waals surface area contributed by atoms with Crippen molar-refractivity contribution in [3.8, 4) is 0 Å². The lowest BCUT2D eigenvalue weighted by Gasteiger charge is -2.30. The molecule has 2 aliphatic rings. The van der Waals surface area contributed by atoms with Crippen LogP contribution in [-0.2, 0) is 16.0 Å². The van der Waals surface area contributed by atoms with Crippen molar-refractivity contribution >= 4 is 11.9 Å². The Morgan fingerprint density at radius 3 is 1.82 bits per heavy atom. The largest absolute Gasteiger partial charge is 0.481 e. The van der Waals surface area contributed by atoms with Gasteiger partial charge in [0.15, 0.2) is 0 Å². The fraction of sp³-hybridized carbons (Fsp3) is 0.771. The number of unbranched alkanes of at least 4 members (excludes halogenated alkanes) is 6. The van der Waals surface area contributed by atoms with E-state index in [4.69, 9.17) is 5.11 Å². The highest BCUT2D eigenvalue weighted by Crippen LogP contribution is 2.22. The van der Waals surface area contributed by atoms with Crippen molar-refractivity contribution in [2.75, 3.05) is 0 Å². The van der Waals surface area contributed by atoms with E-state index >= 15 is 0 Å². The Balaban J connectivity index is 0.000000355. The third-order valence-corrected chi connectivity index (χ3v) is 8.44. The number of aryl methyl sites for hydroxylation is 1. The second-order valence-corrected chi connectivity index (χ2v) is 12.8. The highest BCUT2D eigenvalue weighted by Gasteiger charge is 2.19. The van der Waals surface area contributed by atoms with Crippen LogP contribution in [0.15, 0.2) is 30.3 Å². The summed E-state index contributed by atoms with van der Waals surface area (Å²) in [4.78, 5) is 22.9. The fourth-order valence-corrected chi connectivity index (χ4v) is 6.29. The van der Waals surface area contributed by atoms with Gasteiger partial charge in [0.2, 0.25) is 5.91 Å². The molecule has 228 valence electrons. The van der Waals surface area contributed by atoms with Gasteiger partial charge in [-0.15, -0.1) is 0 Å². The molecule has 1 unspecified atom stereocenters. The summed E-state index contributed by atoms with van der Waals surface area (Å²) in [6.07, 6.45) is 25.1. The third kappa shape index (κ3) is 17.7. The minimum absolute atomic E-state index is 0.00685. The highest BCUT2D eigenvalue weighted by molar-refractivity contribution is 5.77. The van der Waals surface area contributed by atoms with E-state index in [1.807, 2.05) is 13.8 Å². The number of carbonyl (C=O) groups is 2. The number of carbonyl (C=O) groups excluding carboxylic acids is 1. The quantitative estimate of drug-likeness (QED) is 0.168. The molecule has 0 radical (unpaired) electrons. The number of aliphatic carboxylic acids is 1. The van der Waals surface area contributed by atoms with Crippen LogP contribution >= 0.6 is 0 Å². The average molecular weight is 557 g/mol. The number of carboxylic acids is 1. The van der Waals surface area contributed by atoms with Gasteiger partial charge in [0.05, 0.1) is 6.42 Å². The van der Waals surface area contributed by atoms with Crippen LogP contribution < -0.4 is 10.6 Å². The zero-order chi connectivity index (χ0) is 28.8. The Hall–Kier alpha value is -1.88. The van der Waals surface area contributed by atoms with E-state index in [2.05, 4.69) is 41.0 Å². The lowest BCUT2D eigenvalue weighted by molar-refractivity contribution is -0.137. The van der Waals surface area contributed by atoms with Crippen molar-refractivity contribution in [2.24, 2.45) is 5.92 Å². The molecule has 0 spiro atoms. The van der Waals surface area contributed by atoms with Crippen LogP contribution in [0.3, 0.4) is 0 Å². The number of carboxylic acid groups (broad SMARTS) is 1. The normalized spacial score (nSPS) is 17.2. The molecule has 0 saturated heterocycles. The lowest BCUT2D eigenvalue weighted by Crippen LogP contribution is -2.40. The van der Waals surface area contributed by atoms with Crippen LogP contribution in [0.1, 0.15) is 148 Å². The van der Waals surface area contributed by atoms with E-state index < -0.39 is 5.97 Å². The molecule has 5 heteroatoms. The van der Waals surface area contributed by atoms with Crippen LogP contribution in [0, 0.1) is 5.92 Å². The minimum Gasteiger partial charge on any atom is -0.481 e. The SMILES string of the molecule is C1CCC(NC2CCCCC2)CC1.CC(C)CC(CC(=O)O)NC(=O)CCCCCCCCCc1ccccc1. The number of nitrogens with one attached hydrogen (secondary N) is 2. The van der Waals surface area contributed by atoms with E-state index in [1.165, 1.54) is 102 Å². The Labute approximate surface area is 245 Å². The summed E-state index contributed by atoms with van der Waals surface area (Å²) in [5, 5.41) is 15.7. The second kappa shape index (κ2) is 21.8. The second-order valence-electron chi connectivity index (χ2n) is 12.8. The number of benzene rings is 1. The van der Waals surface area contributed by atoms with Gasteiger partial charge in [-0.2, -0.15) is 0 Å². The Kier molecular flexibility index (Phi) is 18.7. The smallest absolute Gasteiger partial charge is 0.305 e. The Morgan fingerprint density at radius 2 is 1.30 bits per heavy atom. The maximum absolute atomic E-state index is 12.0. The van der Waals surface area contributed by atoms with E-state index in [-0.39, 0.29) is 18.4 Å². The van der Waals surface area contributed by atoms with Gasteiger partial charge in [-0.25, -0.2) is 0 Å². The molecule has 1 aromatic carbocycles. The highest BCUT2D eigenvalue weighted by atomic mass is 16.4. The van der Waals surface area contributed by atoms with Crippen molar-refractivity contribution < 1.29 is 14.7 Å². The number of hydrogen-bond donors (Lipinski definition) is 3. The Bertz CT molecular complexity index is 754. The predicted octanol–water partition coefficient (Wildman–Crippen LogP) is 8.60. The molecule has 0 bridgehead atoms. The van der Waals surface area contributed by atoms with Crippen LogP contribution in [0.4, 0.5) is 0 Å². The van der Waals surface area contributed by atoms with Gasteiger partial charge in [-0.05, 0) is 62.8 Å². The van der Waals surface area contributed by atoms with Gasteiger partial charge in [0, 0.05) is 24.5 Å². The summed E-state index contributed by atoms with van der Waals surface area (Å²) in [7, 11) is 0. The molecule has 3 rings (SSSR count). The molecular weight excluding hydrogens is 496 g/mol. The molecule has 0 aromatic heterocycles. The summed E-state index contributed by atoms with van der Waals surface area (Å²) >= 11 is 0.